The molecule has 1 aromatic rings. The van der Waals surface area contributed by atoms with Crippen LogP contribution in [0.25, 0.3) is 6.20 Å². The molecule has 1 fully saturated rings. The molecule has 130 valence electrons. The van der Waals surface area contributed by atoms with Gasteiger partial charge in [-0.1, -0.05) is 6.92 Å². The van der Waals surface area contributed by atoms with Gasteiger partial charge in [0.2, 0.25) is 12.3 Å². The van der Waals surface area contributed by atoms with Crippen LogP contribution in [0.4, 0.5) is 0 Å². The van der Waals surface area contributed by atoms with Crippen LogP contribution in [0.3, 0.4) is 0 Å². The van der Waals surface area contributed by atoms with Gasteiger partial charge in [0.05, 0.1) is 12.7 Å². The van der Waals surface area contributed by atoms with Crippen LogP contribution in [0.2, 0.25) is 0 Å². The molecule has 3 heterocycles. The van der Waals surface area contributed by atoms with Gasteiger partial charge in [0.15, 0.2) is 5.49 Å². The summed E-state index contributed by atoms with van der Waals surface area (Å²) in [6.45, 7) is 4.16. The lowest BCUT2D eigenvalue weighted by Gasteiger charge is -2.28. The first-order valence-electron chi connectivity index (χ1n) is 8.52. The fourth-order valence-corrected chi connectivity index (χ4v) is 2.77. The monoisotopic (exact) mass is 332 g/mol. The molecule has 24 heavy (non-hydrogen) atoms. The molecule has 0 saturated carbocycles. The number of hydrogen-bond donors (Lipinski definition) is 1. The Kier molecular flexibility index (Phi) is 5.77. The number of carbonyl (C=O) groups is 1. The third kappa shape index (κ3) is 4.30. The summed E-state index contributed by atoms with van der Waals surface area (Å²) in [5.74, 6) is -0.0608. The van der Waals surface area contributed by atoms with Gasteiger partial charge in [-0.2, -0.15) is 0 Å². The molecule has 0 aliphatic carbocycles. The van der Waals surface area contributed by atoms with Crippen molar-refractivity contribution in [3.63, 3.8) is 0 Å². The lowest BCUT2D eigenvalue weighted by atomic mass is 10.2. The Morgan fingerprint density at radius 2 is 2.46 bits per heavy atom. The molecule has 1 saturated heterocycles. The van der Waals surface area contributed by atoms with E-state index in [9.17, 15) is 4.79 Å². The number of nitrogens with one attached hydrogen (secondary N) is 1. The molecule has 0 spiro atoms. The van der Waals surface area contributed by atoms with E-state index >= 15 is 0 Å². The number of hydrogen-bond acceptors (Lipinski definition) is 6. The number of fused-ring (bicyclic) bond motifs is 1. The van der Waals surface area contributed by atoms with Crippen LogP contribution in [0.15, 0.2) is 23.3 Å². The van der Waals surface area contributed by atoms with E-state index in [0.29, 0.717) is 18.6 Å². The quantitative estimate of drug-likeness (QED) is 0.746. The van der Waals surface area contributed by atoms with E-state index in [1.165, 1.54) is 0 Å². The van der Waals surface area contributed by atoms with Crippen molar-refractivity contribution in [1.29, 1.82) is 0 Å². The first-order valence-corrected chi connectivity index (χ1v) is 8.52. The van der Waals surface area contributed by atoms with Crippen LogP contribution >= 0.6 is 0 Å². The third-order valence-electron chi connectivity index (χ3n) is 3.99. The fourth-order valence-electron chi connectivity index (χ4n) is 2.77. The van der Waals surface area contributed by atoms with E-state index in [0.717, 1.165) is 31.1 Å². The van der Waals surface area contributed by atoms with Gasteiger partial charge in [-0.05, 0) is 31.4 Å². The van der Waals surface area contributed by atoms with Gasteiger partial charge in [0.25, 0.3) is 0 Å². The number of ether oxygens (including phenoxy) is 2. The molecule has 7 heteroatoms. The predicted octanol–water partition coefficient (Wildman–Crippen LogP) is -0.240. The SMILES string of the molecule is CCCOC1N=c2ncccc2=CN1CC(=O)NCC1CCCO1. The lowest BCUT2D eigenvalue weighted by Crippen LogP contribution is -2.48. The summed E-state index contributed by atoms with van der Waals surface area (Å²) >= 11 is 0. The zero-order valence-corrected chi connectivity index (χ0v) is 14.0. The summed E-state index contributed by atoms with van der Waals surface area (Å²) in [6.07, 6.45) is 6.18. The van der Waals surface area contributed by atoms with Crippen molar-refractivity contribution in [3.05, 3.63) is 29.0 Å². The average molecular weight is 332 g/mol. The van der Waals surface area contributed by atoms with Gasteiger partial charge in [0, 0.05) is 30.8 Å². The first-order chi connectivity index (χ1) is 11.8. The first kappa shape index (κ1) is 16.9. The Labute approximate surface area is 141 Å². The van der Waals surface area contributed by atoms with E-state index in [4.69, 9.17) is 9.47 Å². The van der Waals surface area contributed by atoms with Crippen molar-refractivity contribution in [2.24, 2.45) is 4.99 Å². The summed E-state index contributed by atoms with van der Waals surface area (Å²) in [5.41, 5.74) is 0.648. The number of carbonyl (C=O) groups excluding carboxylic acids is 1. The minimum absolute atomic E-state index is 0.0608. The predicted molar refractivity (Wildman–Crippen MR) is 88.2 cm³/mol. The van der Waals surface area contributed by atoms with E-state index < -0.39 is 6.35 Å². The van der Waals surface area contributed by atoms with E-state index in [1.54, 1.807) is 6.20 Å². The molecule has 2 atom stereocenters. The summed E-state index contributed by atoms with van der Waals surface area (Å²) in [7, 11) is 0. The third-order valence-corrected chi connectivity index (χ3v) is 3.99. The number of aromatic nitrogens is 1. The average Bonchev–Trinajstić information content (AvgIpc) is 3.11. The van der Waals surface area contributed by atoms with Gasteiger partial charge in [-0.15, -0.1) is 0 Å². The summed E-state index contributed by atoms with van der Waals surface area (Å²) in [6, 6.07) is 3.78. The molecule has 0 radical (unpaired) electrons. The molecule has 0 bridgehead atoms. The molecular weight excluding hydrogens is 308 g/mol. The molecule has 7 nitrogen and oxygen atoms in total. The molecule has 2 aliphatic rings. The number of amides is 1. The van der Waals surface area contributed by atoms with Gasteiger partial charge in [-0.3, -0.25) is 4.79 Å². The maximum atomic E-state index is 12.3. The molecule has 2 aliphatic heterocycles. The van der Waals surface area contributed by atoms with E-state index in [-0.39, 0.29) is 18.6 Å². The second kappa shape index (κ2) is 8.21. The van der Waals surface area contributed by atoms with Crippen LogP contribution in [0.1, 0.15) is 26.2 Å². The fraction of sp³-hybridized carbons (Fsp3) is 0.588. The Balaban J connectivity index is 1.64. The maximum absolute atomic E-state index is 12.3. The molecule has 1 amide bonds. The molecule has 1 N–H and O–H groups in total. The van der Waals surface area contributed by atoms with Crippen molar-refractivity contribution >= 4 is 12.1 Å². The Bertz CT molecular complexity index is 673. The van der Waals surface area contributed by atoms with Gasteiger partial charge >= 0.3 is 0 Å². The minimum Gasteiger partial charge on any atom is -0.376 e. The Morgan fingerprint density at radius 1 is 1.54 bits per heavy atom. The second-order valence-corrected chi connectivity index (χ2v) is 5.98. The van der Waals surface area contributed by atoms with Crippen molar-refractivity contribution in [3.8, 4) is 0 Å². The molecule has 1 aromatic heterocycles. The van der Waals surface area contributed by atoms with Crippen molar-refractivity contribution in [2.75, 3.05) is 26.3 Å². The summed E-state index contributed by atoms with van der Waals surface area (Å²) < 4.78 is 11.3. The van der Waals surface area contributed by atoms with Crippen molar-refractivity contribution < 1.29 is 14.3 Å². The minimum atomic E-state index is -0.513. The highest BCUT2D eigenvalue weighted by Gasteiger charge is 2.22. The standard InChI is InChI=1S/C17H24N4O3/c1-2-8-24-17-20-16-13(5-3-7-18-16)11-21(17)12-15(22)19-10-14-6-4-9-23-14/h3,5,7,11,14,17H,2,4,6,8-10,12H2,1H3,(H,19,22). The number of pyridine rings is 1. The largest absolute Gasteiger partial charge is 0.376 e. The topological polar surface area (TPSA) is 76.1 Å². The molecule has 0 aromatic carbocycles. The smallest absolute Gasteiger partial charge is 0.239 e. The number of rotatable bonds is 7. The molecular formula is C17H24N4O3. The van der Waals surface area contributed by atoms with Crippen LogP contribution in [-0.4, -0.2) is 54.6 Å². The summed E-state index contributed by atoms with van der Waals surface area (Å²) in [5, 5.41) is 3.82. The normalized spacial score (nSPS) is 22.5. The van der Waals surface area contributed by atoms with Gasteiger partial charge < -0.3 is 19.7 Å². The maximum Gasteiger partial charge on any atom is 0.239 e. The van der Waals surface area contributed by atoms with Crippen molar-refractivity contribution in [1.82, 2.24) is 15.2 Å². The highest BCUT2D eigenvalue weighted by molar-refractivity contribution is 5.78. The zero-order chi connectivity index (χ0) is 16.8. The van der Waals surface area contributed by atoms with Crippen LogP contribution in [-0.2, 0) is 14.3 Å². The Morgan fingerprint density at radius 3 is 3.25 bits per heavy atom. The second-order valence-electron chi connectivity index (χ2n) is 5.98. The van der Waals surface area contributed by atoms with Gasteiger partial charge in [-0.25, -0.2) is 9.98 Å². The number of nitrogens with zero attached hydrogens (tertiary/aromatic N) is 3. The van der Waals surface area contributed by atoms with Crippen LogP contribution in [0, 0.1) is 0 Å². The highest BCUT2D eigenvalue weighted by atomic mass is 16.5. The van der Waals surface area contributed by atoms with Gasteiger partial charge in [0.1, 0.15) is 6.54 Å². The molecule has 2 unspecified atom stereocenters. The van der Waals surface area contributed by atoms with Crippen molar-refractivity contribution in [2.45, 2.75) is 38.6 Å². The van der Waals surface area contributed by atoms with Crippen LogP contribution in [0.5, 0.6) is 0 Å². The van der Waals surface area contributed by atoms with Crippen LogP contribution < -0.4 is 16.0 Å². The van der Waals surface area contributed by atoms with E-state index in [1.807, 2.05) is 30.2 Å². The molecule has 3 rings (SSSR count). The summed E-state index contributed by atoms with van der Waals surface area (Å²) in [4.78, 5) is 22.8. The lowest BCUT2D eigenvalue weighted by molar-refractivity contribution is -0.125. The van der Waals surface area contributed by atoms with E-state index in [2.05, 4.69) is 15.3 Å². The zero-order valence-electron chi connectivity index (χ0n) is 14.0. The highest BCUT2D eigenvalue weighted by Crippen LogP contribution is 2.11. The Hall–Kier alpha value is -1.99.